The minimum atomic E-state index is 0.956. The van der Waals surface area contributed by atoms with E-state index in [2.05, 4.69) is 20.5 Å². The molecule has 0 aliphatic carbocycles. The highest BCUT2D eigenvalue weighted by Crippen LogP contribution is 2.19. The van der Waals surface area contributed by atoms with Gasteiger partial charge in [0.15, 0.2) is 0 Å². The van der Waals surface area contributed by atoms with Gasteiger partial charge in [0.25, 0.3) is 0 Å². The Balaban J connectivity index is 2.25. The van der Waals surface area contributed by atoms with E-state index in [1.807, 2.05) is 25.4 Å². The van der Waals surface area contributed by atoms with Crippen LogP contribution in [0.15, 0.2) is 30.7 Å². The van der Waals surface area contributed by atoms with E-state index in [0.717, 1.165) is 24.2 Å². The first kappa shape index (κ1) is 9.86. The van der Waals surface area contributed by atoms with Gasteiger partial charge in [-0.25, -0.2) is 0 Å². The largest absolute Gasteiger partial charge is 0.319 e. The third-order valence-corrected chi connectivity index (χ3v) is 2.33. The second-order valence-electron chi connectivity index (χ2n) is 3.36. The monoisotopic (exact) mass is 202 g/mol. The molecule has 0 fully saturated rings. The molecule has 2 rings (SSSR count). The van der Waals surface area contributed by atoms with E-state index in [9.17, 15) is 0 Å². The molecule has 0 spiro atoms. The van der Waals surface area contributed by atoms with Crippen LogP contribution >= 0.6 is 0 Å². The van der Waals surface area contributed by atoms with Crippen LogP contribution in [-0.2, 0) is 6.42 Å². The van der Waals surface area contributed by atoms with Crippen molar-refractivity contribution in [3.63, 3.8) is 0 Å². The van der Waals surface area contributed by atoms with Gasteiger partial charge < -0.3 is 5.32 Å². The fourth-order valence-electron chi connectivity index (χ4n) is 1.53. The topological polar surface area (TPSA) is 53.6 Å². The minimum Gasteiger partial charge on any atom is -0.319 e. The van der Waals surface area contributed by atoms with Crippen molar-refractivity contribution in [1.82, 2.24) is 20.5 Å². The Labute approximate surface area is 88.8 Å². The highest BCUT2D eigenvalue weighted by Gasteiger charge is 2.06. The van der Waals surface area contributed by atoms with Gasteiger partial charge in [0.2, 0.25) is 0 Å². The standard InChI is InChI=1S/C11H14N4/c1-12-5-2-10-8-14-15-11(10)9-3-6-13-7-4-9/h3-4,6-8,12H,2,5H2,1H3,(H,14,15). The van der Waals surface area contributed by atoms with Crippen LogP contribution in [0.1, 0.15) is 5.56 Å². The number of pyridine rings is 1. The molecule has 78 valence electrons. The Kier molecular flexibility index (Phi) is 3.09. The number of nitrogens with one attached hydrogen (secondary N) is 2. The van der Waals surface area contributed by atoms with Crippen molar-refractivity contribution < 1.29 is 0 Å². The molecule has 0 bridgehead atoms. The van der Waals surface area contributed by atoms with Gasteiger partial charge in [-0.3, -0.25) is 10.1 Å². The highest BCUT2D eigenvalue weighted by molar-refractivity contribution is 5.61. The number of aromatic amines is 1. The maximum atomic E-state index is 4.08. The maximum Gasteiger partial charge on any atom is 0.0683 e. The van der Waals surface area contributed by atoms with Crippen molar-refractivity contribution in [2.24, 2.45) is 0 Å². The van der Waals surface area contributed by atoms with E-state index in [-0.39, 0.29) is 0 Å². The number of hydrogen-bond acceptors (Lipinski definition) is 3. The molecule has 0 radical (unpaired) electrons. The van der Waals surface area contributed by atoms with Gasteiger partial charge >= 0.3 is 0 Å². The van der Waals surface area contributed by atoms with E-state index in [0.29, 0.717) is 0 Å². The van der Waals surface area contributed by atoms with Crippen LogP contribution in [0.4, 0.5) is 0 Å². The zero-order valence-electron chi connectivity index (χ0n) is 8.70. The van der Waals surface area contributed by atoms with Crippen molar-refractivity contribution >= 4 is 0 Å². The quantitative estimate of drug-likeness (QED) is 0.784. The molecule has 0 aliphatic heterocycles. The van der Waals surface area contributed by atoms with Gasteiger partial charge in [-0.2, -0.15) is 5.10 Å². The summed E-state index contributed by atoms with van der Waals surface area (Å²) in [6.45, 7) is 0.956. The number of likely N-dealkylation sites (N-methyl/N-ethyl adjacent to an activating group) is 1. The molecular formula is C11H14N4. The summed E-state index contributed by atoms with van der Waals surface area (Å²) < 4.78 is 0. The maximum absolute atomic E-state index is 4.08. The molecule has 0 amide bonds. The second-order valence-corrected chi connectivity index (χ2v) is 3.36. The normalized spacial score (nSPS) is 10.5. The van der Waals surface area contributed by atoms with E-state index < -0.39 is 0 Å². The van der Waals surface area contributed by atoms with Gasteiger partial charge in [0.05, 0.1) is 11.9 Å². The van der Waals surface area contributed by atoms with Gasteiger partial charge in [0.1, 0.15) is 0 Å². The molecule has 0 saturated heterocycles. The van der Waals surface area contributed by atoms with Crippen LogP contribution in [-0.4, -0.2) is 28.8 Å². The van der Waals surface area contributed by atoms with Crippen molar-refractivity contribution in [2.75, 3.05) is 13.6 Å². The van der Waals surface area contributed by atoms with Crippen molar-refractivity contribution in [3.05, 3.63) is 36.3 Å². The third kappa shape index (κ3) is 2.22. The summed E-state index contributed by atoms with van der Waals surface area (Å²) in [4.78, 5) is 4.00. The molecule has 0 aliphatic rings. The Hall–Kier alpha value is -1.68. The first-order chi connectivity index (χ1) is 7.42. The highest BCUT2D eigenvalue weighted by atomic mass is 15.1. The van der Waals surface area contributed by atoms with Gasteiger partial charge in [0, 0.05) is 18.0 Å². The Morgan fingerprint density at radius 2 is 2.13 bits per heavy atom. The molecule has 2 N–H and O–H groups in total. The summed E-state index contributed by atoms with van der Waals surface area (Å²) in [7, 11) is 1.95. The van der Waals surface area contributed by atoms with Crippen LogP contribution < -0.4 is 5.32 Å². The number of H-pyrrole nitrogens is 1. The molecule has 0 saturated carbocycles. The van der Waals surface area contributed by atoms with Gasteiger partial charge in [-0.05, 0) is 37.7 Å². The zero-order valence-corrected chi connectivity index (χ0v) is 8.70. The molecule has 2 aromatic heterocycles. The summed E-state index contributed by atoms with van der Waals surface area (Å²) in [6.07, 6.45) is 6.44. The van der Waals surface area contributed by atoms with Crippen LogP contribution in [0.2, 0.25) is 0 Å². The lowest BCUT2D eigenvalue weighted by atomic mass is 10.1. The average Bonchev–Trinajstić information content (AvgIpc) is 2.75. The first-order valence-corrected chi connectivity index (χ1v) is 4.99. The predicted molar refractivity (Wildman–Crippen MR) is 59.4 cm³/mol. The third-order valence-electron chi connectivity index (χ3n) is 2.33. The minimum absolute atomic E-state index is 0.956. The van der Waals surface area contributed by atoms with Crippen molar-refractivity contribution in [2.45, 2.75) is 6.42 Å². The van der Waals surface area contributed by atoms with Gasteiger partial charge in [-0.1, -0.05) is 0 Å². The van der Waals surface area contributed by atoms with Crippen LogP contribution in [0.25, 0.3) is 11.3 Å². The lowest BCUT2D eigenvalue weighted by Crippen LogP contribution is -2.10. The van der Waals surface area contributed by atoms with E-state index in [1.54, 1.807) is 12.4 Å². The molecule has 2 heterocycles. The summed E-state index contributed by atoms with van der Waals surface area (Å²) in [5.41, 5.74) is 3.46. The fraction of sp³-hybridized carbons (Fsp3) is 0.273. The zero-order chi connectivity index (χ0) is 10.5. The average molecular weight is 202 g/mol. The smallest absolute Gasteiger partial charge is 0.0683 e. The SMILES string of the molecule is CNCCc1cn[nH]c1-c1ccncc1. The molecule has 0 atom stereocenters. The molecule has 4 nitrogen and oxygen atoms in total. The Bertz CT molecular complexity index is 408. The summed E-state index contributed by atoms with van der Waals surface area (Å²) in [5, 5.41) is 10.2. The number of nitrogens with zero attached hydrogens (tertiary/aromatic N) is 2. The van der Waals surface area contributed by atoms with Gasteiger partial charge in [-0.15, -0.1) is 0 Å². The number of rotatable bonds is 4. The summed E-state index contributed by atoms with van der Waals surface area (Å²) in [6, 6.07) is 3.97. The lowest BCUT2D eigenvalue weighted by molar-refractivity contribution is 0.793. The molecule has 4 heteroatoms. The summed E-state index contributed by atoms with van der Waals surface area (Å²) in [5.74, 6) is 0. The Morgan fingerprint density at radius 3 is 2.87 bits per heavy atom. The second kappa shape index (κ2) is 4.70. The van der Waals surface area contributed by atoms with Crippen LogP contribution in [0.5, 0.6) is 0 Å². The predicted octanol–water partition coefficient (Wildman–Crippen LogP) is 1.23. The first-order valence-electron chi connectivity index (χ1n) is 4.99. The summed E-state index contributed by atoms with van der Waals surface area (Å²) >= 11 is 0. The Morgan fingerprint density at radius 1 is 1.33 bits per heavy atom. The van der Waals surface area contributed by atoms with Crippen molar-refractivity contribution in [1.29, 1.82) is 0 Å². The van der Waals surface area contributed by atoms with E-state index in [1.165, 1.54) is 5.56 Å². The molecule has 0 unspecified atom stereocenters. The molecule has 0 aromatic carbocycles. The number of hydrogen-bond donors (Lipinski definition) is 2. The van der Waals surface area contributed by atoms with Crippen LogP contribution in [0, 0.1) is 0 Å². The van der Waals surface area contributed by atoms with Crippen LogP contribution in [0.3, 0.4) is 0 Å². The number of aromatic nitrogens is 3. The van der Waals surface area contributed by atoms with E-state index >= 15 is 0 Å². The van der Waals surface area contributed by atoms with Crippen molar-refractivity contribution in [3.8, 4) is 11.3 Å². The van der Waals surface area contributed by atoms with E-state index in [4.69, 9.17) is 0 Å². The fourth-order valence-corrected chi connectivity index (χ4v) is 1.53. The molecule has 15 heavy (non-hydrogen) atoms. The molecular weight excluding hydrogens is 188 g/mol. The molecule has 2 aromatic rings. The lowest BCUT2D eigenvalue weighted by Gasteiger charge is -2.02.